The molecule has 0 bridgehead atoms. The average molecular weight is 332 g/mol. The Labute approximate surface area is 128 Å². The van der Waals surface area contributed by atoms with E-state index in [0.29, 0.717) is 5.56 Å². The third-order valence-electron chi connectivity index (χ3n) is 2.41. The van der Waals surface area contributed by atoms with E-state index in [4.69, 9.17) is 28.9 Å². The molecular weight excluding hydrogens is 325 g/mol. The normalized spacial score (nSPS) is 17.1. The minimum Gasteiger partial charge on any atom is -0.480 e. The van der Waals surface area contributed by atoms with Crippen LogP contribution in [0.2, 0.25) is 5.02 Å². The van der Waals surface area contributed by atoms with Crippen LogP contribution in [0.3, 0.4) is 0 Å². The molecule has 8 heteroatoms. The van der Waals surface area contributed by atoms with Crippen molar-refractivity contribution in [3.05, 3.63) is 39.5 Å². The van der Waals surface area contributed by atoms with Crippen LogP contribution < -0.4 is 0 Å². The van der Waals surface area contributed by atoms with Crippen LogP contribution in [0.15, 0.2) is 23.1 Å². The van der Waals surface area contributed by atoms with Gasteiger partial charge in [-0.1, -0.05) is 41.6 Å². The zero-order valence-electron chi connectivity index (χ0n) is 9.80. The Morgan fingerprint density at radius 2 is 2.25 bits per heavy atom. The van der Waals surface area contributed by atoms with Crippen LogP contribution in [0.4, 0.5) is 4.39 Å². The number of carbonyl (C=O) groups is 2. The standard InChI is InChI=1S/C12H7ClFNO3S2/c13-7-2-1-6(3-8(7)14)4-9-11(18)15(5-10(16)17)12(19)20-9/h1-4H,5H2,(H,16,17). The maximum atomic E-state index is 13.3. The van der Waals surface area contributed by atoms with Gasteiger partial charge in [-0.25, -0.2) is 4.39 Å². The highest BCUT2D eigenvalue weighted by Crippen LogP contribution is 2.32. The van der Waals surface area contributed by atoms with E-state index < -0.39 is 24.2 Å². The van der Waals surface area contributed by atoms with Crippen LogP contribution in [0, 0.1) is 5.82 Å². The molecule has 0 atom stereocenters. The SMILES string of the molecule is O=C(O)CN1C(=O)C(=Cc2ccc(Cl)c(F)c2)SC1=S. The first kappa shape index (κ1) is 15.0. The van der Waals surface area contributed by atoms with Gasteiger partial charge in [-0.2, -0.15) is 0 Å². The number of benzene rings is 1. The van der Waals surface area contributed by atoms with E-state index in [9.17, 15) is 14.0 Å². The quantitative estimate of drug-likeness (QED) is 0.682. The van der Waals surface area contributed by atoms with E-state index in [1.165, 1.54) is 18.2 Å². The molecule has 1 aromatic carbocycles. The number of carbonyl (C=O) groups excluding carboxylic acids is 1. The summed E-state index contributed by atoms with van der Waals surface area (Å²) in [7, 11) is 0. The lowest BCUT2D eigenvalue weighted by atomic mass is 10.2. The Kier molecular flexibility index (Phi) is 4.42. The van der Waals surface area contributed by atoms with Crippen molar-refractivity contribution in [3.63, 3.8) is 0 Å². The number of halogens is 2. The van der Waals surface area contributed by atoms with Gasteiger partial charge < -0.3 is 5.11 Å². The molecule has 0 radical (unpaired) electrons. The van der Waals surface area contributed by atoms with E-state index >= 15 is 0 Å². The third kappa shape index (κ3) is 3.17. The average Bonchev–Trinajstić information content (AvgIpc) is 2.61. The molecule has 20 heavy (non-hydrogen) atoms. The van der Waals surface area contributed by atoms with Crippen molar-refractivity contribution in [2.75, 3.05) is 6.54 Å². The van der Waals surface area contributed by atoms with E-state index in [1.807, 2.05) is 0 Å². The summed E-state index contributed by atoms with van der Waals surface area (Å²) < 4.78 is 13.5. The van der Waals surface area contributed by atoms with Crippen molar-refractivity contribution in [1.29, 1.82) is 0 Å². The van der Waals surface area contributed by atoms with Gasteiger partial charge in [0.1, 0.15) is 16.7 Å². The Hall–Kier alpha value is -1.44. The number of amides is 1. The molecule has 0 saturated carbocycles. The Morgan fingerprint density at radius 3 is 2.85 bits per heavy atom. The summed E-state index contributed by atoms with van der Waals surface area (Å²) in [6.07, 6.45) is 1.44. The highest BCUT2D eigenvalue weighted by atomic mass is 35.5. The number of hydrogen-bond acceptors (Lipinski definition) is 4. The predicted molar refractivity (Wildman–Crippen MR) is 78.9 cm³/mol. The second-order valence-corrected chi connectivity index (χ2v) is 5.92. The van der Waals surface area contributed by atoms with Crippen LogP contribution in [-0.4, -0.2) is 32.7 Å². The molecule has 2 rings (SSSR count). The molecule has 1 aliphatic rings. The van der Waals surface area contributed by atoms with Gasteiger partial charge in [-0.3, -0.25) is 14.5 Å². The fourth-order valence-electron chi connectivity index (χ4n) is 1.53. The zero-order valence-corrected chi connectivity index (χ0v) is 12.2. The van der Waals surface area contributed by atoms with Crippen molar-refractivity contribution in [2.24, 2.45) is 0 Å². The van der Waals surface area contributed by atoms with E-state index in [2.05, 4.69) is 0 Å². The van der Waals surface area contributed by atoms with Gasteiger partial charge in [-0.15, -0.1) is 0 Å². The summed E-state index contributed by atoms with van der Waals surface area (Å²) in [5.41, 5.74) is 0.447. The molecule has 0 aliphatic carbocycles. The number of aliphatic carboxylic acids is 1. The first-order chi connectivity index (χ1) is 9.38. The molecule has 1 heterocycles. The summed E-state index contributed by atoms with van der Waals surface area (Å²) >= 11 is 11.5. The first-order valence-electron chi connectivity index (χ1n) is 5.30. The van der Waals surface area contributed by atoms with E-state index in [-0.39, 0.29) is 14.2 Å². The smallest absolute Gasteiger partial charge is 0.323 e. The van der Waals surface area contributed by atoms with Gasteiger partial charge in [0.25, 0.3) is 5.91 Å². The minimum atomic E-state index is -1.15. The molecule has 0 aromatic heterocycles. The summed E-state index contributed by atoms with van der Waals surface area (Å²) in [6, 6.07) is 4.11. The largest absolute Gasteiger partial charge is 0.480 e. The molecule has 1 fully saturated rings. The Bertz CT molecular complexity index is 648. The lowest BCUT2D eigenvalue weighted by Crippen LogP contribution is -2.33. The van der Waals surface area contributed by atoms with Crippen LogP contribution in [0.25, 0.3) is 6.08 Å². The van der Waals surface area contributed by atoms with Crippen molar-refractivity contribution >= 4 is 57.9 Å². The molecule has 104 valence electrons. The first-order valence-corrected chi connectivity index (χ1v) is 6.91. The Balaban J connectivity index is 2.27. The number of hydrogen-bond donors (Lipinski definition) is 1. The number of carboxylic acid groups (broad SMARTS) is 1. The van der Waals surface area contributed by atoms with Crippen LogP contribution in [-0.2, 0) is 9.59 Å². The molecule has 1 aliphatic heterocycles. The van der Waals surface area contributed by atoms with Gasteiger partial charge >= 0.3 is 5.97 Å². The maximum absolute atomic E-state index is 13.3. The summed E-state index contributed by atoms with van der Waals surface area (Å²) in [6.45, 7) is -0.489. The molecule has 1 saturated heterocycles. The van der Waals surface area contributed by atoms with E-state index in [1.54, 1.807) is 6.07 Å². The minimum absolute atomic E-state index is 0.0134. The molecule has 0 unspecified atom stereocenters. The molecule has 4 nitrogen and oxygen atoms in total. The second kappa shape index (κ2) is 5.90. The summed E-state index contributed by atoms with van der Waals surface area (Å²) in [5.74, 6) is -2.25. The van der Waals surface area contributed by atoms with Crippen LogP contribution >= 0.6 is 35.6 Å². The van der Waals surface area contributed by atoms with Gasteiger partial charge in [-0.05, 0) is 23.8 Å². The zero-order chi connectivity index (χ0) is 14.9. The molecular formula is C12H7ClFNO3S2. The maximum Gasteiger partial charge on any atom is 0.323 e. The summed E-state index contributed by atoms with van der Waals surface area (Å²) in [4.78, 5) is 23.9. The van der Waals surface area contributed by atoms with Crippen molar-refractivity contribution in [2.45, 2.75) is 0 Å². The number of thioether (sulfide) groups is 1. The van der Waals surface area contributed by atoms with Crippen LogP contribution in [0.5, 0.6) is 0 Å². The lowest BCUT2D eigenvalue weighted by Gasteiger charge is -2.10. The predicted octanol–water partition coefficient (Wildman–Crippen LogP) is 2.76. The van der Waals surface area contributed by atoms with Gasteiger partial charge in [0.2, 0.25) is 0 Å². The molecule has 1 aromatic rings. The highest BCUT2D eigenvalue weighted by Gasteiger charge is 2.33. The van der Waals surface area contributed by atoms with Crippen molar-refractivity contribution in [1.82, 2.24) is 4.90 Å². The fourth-order valence-corrected chi connectivity index (χ4v) is 2.90. The lowest BCUT2D eigenvalue weighted by molar-refractivity contribution is -0.140. The second-order valence-electron chi connectivity index (χ2n) is 3.84. The Morgan fingerprint density at radius 1 is 1.55 bits per heavy atom. The van der Waals surface area contributed by atoms with Gasteiger partial charge in [0.05, 0.1) is 9.93 Å². The van der Waals surface area contributed by atoms with Gasteiger partial charge in [0.15, 0.2) is 0 Å². The molecule has 0 spiro atoms. The highest BCUT2D eigenvalue weighted by molar-refractivity contribution is 8.26. The number of rotatable bonds is 3. The van der Waals surface area contributed by atoms with Crippen LogP contribution in [0.1, 0.15) is 5.56 Å². The van der Waals surface area contributed by atoms with Crippen molar-refractivity contribution < 1.29 is 19.1 Å². The van der Waals surface area contributed by atoms with Crippen molar-refractivity contribution in [3.8, 4) is 0 Å². The molecule has 1 amide bonds. The molecule has 1 N–H and O–H groups in total. The fraction of sp³-hybridized carbons (Fsp3) is 0.0833. The summed E-state index contributed by atoms with van der Waals surface area (Å²) in [5, 5.41) is 8.69. The number of carboxylic acids is 1. The monoisotopic (exact) mass is 331 g/mol. The number of thiocarbonyl (C=S) groups is 1. The van der Waals surface area contributed by atoms with E-state index in [0.717, 1.165) is 16.7 Å². The van der Waals surface area contributed by atoms with Gasteiger partial charge in [0, 0.05) is 0 Å². The topological polar surface area (TPSA) is 57.6 Å². The number of nitrogens with zero attached hydrogens (tertiary/aromatic N) is 1. The third-order valence-corrected chi connectivity index (χ3v) is 4.09.